The summed E-state index contributed by atoms with van der Waals surface area (Å²) in [5.41, 5.74) is 1.19. The van der Waals surface area contributed by atoms with Crippen LogP contribution >= 0.6 is 27.7 Å². The predicted octanol–water partition coefficient (Wildman–Crippen LogP) is 3.89. The van der Waals surface area contributed by atoms with E-state index in [0.29, 0.717) is 6.04 Å². The molecule has 0 aliphatic carbocycles. The molecule has 100 valence electrons. The Bertz CT molecular complexity index is 546. The molecule has 0 fully saturated rings. The summed E-state index contributed by atoms with van der Waals surface area (Å²) in [6, 6.07) is 8.42. The summed E-state index contributed by atoms with van der Waals surface area (Å²) in [4.78, 5) is 8.82. The summed E-state index contributed by atoms with van der Waals surface area (Å²) in [6.45, 7) is 5.09. The van der Waals surface area contributed by atoms with E-state index in [9.17, 15) is 0 Å². The lowest BCUT2D eigenvalue weighted by atomic mass is 10.2. The van der Waals surface area contributed by atoms with Crippen LogP contribution in [0.25, 0.3) is 0 Å². The first kappa shape index (κ1) is 14.5. The van der Waals surface area contributed by atoms with Crippen molar-refractivity contribution in [3.63, 3.8) is 0 Å². The first-order valence-corrected chi connectivity index (χ1v) is 7.73. The highest BCUT2D eigenvalue weighted by atomic mass is 79.9. The molecule has 0 aliphatic heterocycles. The van der Waals surface area contributed by atoms with Crippen molar-refractivity contribution in [3.05, 3.63) is 46.7 Å². The van der Waals surface area contributed by atoms with Crippen LogP contribution in [-0.4, -0.2) is 16.0 Å². The van der Waals surface area contributed by atoms with Crippen molar-refractivity contribution >= 4 is 27.7 Å². The van der Waals surface area contributed by atoms with E-state index in [1.807, 2.05) is 24.4 Å². The van der Waals surface area contributed by atoms with Crippen LogP contribution < -0.4 is 5.32 Å². The Kier molecular flexibility index (Phi) is 5.36. The molecule has 2 aromatic heterocycles. The Balaban J connectivity index is 2.18. The summed E-state index contributed by atoms with van der Waals surface area (Å²) in [7, 11) is 0. The van der Waals surface area contributed by atoms with Crippen molar-refractivity contribution < 1.29 is 0 Å². The minimum absolute atomic E-state index is 0.458. The van der Waals surface area contributed by atoms with Crippen molar-refractivity contribution in [2.75, 3.05) is 0 Å². The fourth-order valence-corrected chi connectivity index (χ4v) is 2.85. The number of rotatable bonds is 5. The third-order valence-electron chi connectivity index (χ3n) is 2.47. The molecule has 0 bridgehead atoms. The van der Waals surface area contributed by atoms with Gasteiger partial charge in [-0.05, 0) is 51.5 Å². The highest BCUT2D eigenvalue weighted by Crippen LogP contribution is 2.31. The minimum Gasteiger partial charge on any atom is -0.310 e. The van der Waals surface area contributed by atoms with Gasteiger partial charge in [-0.15, -0.1) is 0 Å². The zero-order chi connectivity index (χ0) is 13.7. The average molecular weight is 338 g/mol. The maximum absolute atomic E-state index is 4.46. The molecule has 0 atom stereocenters. The van der Waals surface area contributed by atoms with Crippen molar-refractivity contribution in [2.24, 2.45) is 0 Å². The van der Waals surface area contributed by atoms with Crippen LogP contribution in [0.15, 0.2) is 51.2 Å². The Morgan fingerprint density at radius 2 is 1.84 bits per heavy atom. The van der Waals surface area contributed by atoms with Crippen LogP contribution in [0.5, 0.6) is 0 Å². The van der Waals surface area contributed by atoms with E-state index in [1.165, 1.54) is 5.56 Å². The molecule has 0 spiro atoms. The standard InChI is InChI=1S/C14H16BrN3S/c1-10(2)18-9-11-5-3-7-16-13(11)19-14-12(15)6-4-8-17-14/h3-8,10,18H,9H2,1-2H3. The molecular weight excluding hydrogens is 322 g/mol. The smallest absolute Gasteiger partial charge is 0.116 e. The average Bonchev–Trinajstić information content (AvgIpc) is 2.40. The molecule has 0 amide bonds. The fraction of sp³-hybridized carbons (Fsp3) is 0.286. The molecule has 2 aromatic rings. The van der Waals surface area contributed by atoms with Gasteiger partial charge in [-0.25, -0.2) is 9.97 Å². The van der Waals surface area contributed by atoms with E-state index in [2.05, 4.69) is 51.1 Å². The highest BCUT2D eigenvalue weighted by molar-refractivity contribution is 9.10. The van der Waals surface area contributed by atoms with Gasteiger partial charge in [0, 0.05) is 25.0 Å². The van der Waals surface area contributed by atoms with Gasteiger partial charge in [-0.1, -0.05) is 19.9 Å². The topological polar surface area (TPSA) is 37.8 Å². The molecule has 19 heavy (non-hydrogen) atoms. The van der Waals surface area contributed by atoms with Gasteiger partial charge in [-0.3, -0.25) is 0 Å². The van der Waals surface area contributed by atoms with Gasteiger partial charge < -0.3 is 5.32 Å². The molecule has 0 saturated carbocycles. The van der Waals surface area contributed by atoms with E-state index < -0.39 is 0 Å². The third-order valence-corrected chi connectivity index (χ3v) is 4.45. The number of pyridine rings is 2. The van der Waals surface area contributed by atoms with Gasteiger partial charge in [0.1, 0.15) is 10.1 Å². The molecule has 0 unspecified atom stereocenters. The molecule has 0 radical (unpaired) electrons. The van der Waals surface area contributed by atoms with Gasteiger partial charge in [0.2, 0.25) is 0 Å². The summed E-state index contributed by atoms with van der Waals surface area (Å²) < 4.78 is 0.994. The van der Waals surface area contributed by atoms with Crippen LogP contribution in [0.4, 0.5) is 0 Å². The third kappa shape index (κ3) is 4.30. The van der Waals surface area contributed by atoms with Gasteiger partial charge in [0.05, 0.1) is 4.47 Å². The Hall–Kier alpha value is -0.910. The van der Waals surface area contributed by atoms with Gasteiger partial charge in [0.15, 0.2) is 0 Å². The monoisotopic (exact) mass is 337 g/mol. The van der Waals surface area contributed by atoms with Gasteiger partial charge in [0.25, 0.3) is 0 Å². The predicted molar refractivity (Wildman–Crippen MR) is 82.3 cm³/mol. The molecule has 0 aliphatic rings. The first-order valence-electron chi connectivity index (χ1n) is 6.12. The molecular formula is C14H16BrN3S. The van der Waals surface area contributed by atoms with E-state index in [0.717, 1.165) is 21.1 Å². The Morgan fingerprint density at radius 1 is 1.16 bits per heavy atom. The first-order chi connectivity index (χ1) is 9.16. The van der Waals surface area contributed by atoms with Crippen LogP contribution in [0.1, 0.15) is 19.4 Å². The highest BCUT2D eigenvalue weighted by Gasteiger charge is 2.09. The van der Waals surface area contributed by atoms with E-state index >= 15 is 0 Å². The lowest BCUT2D eigenvalue weighted by Crippen LogP contribution is -2.22. The molecule has 2 rings (SSSR count). The molecule has 2 heterocycles. The van der Waals surface area contributed by atoms with Crippen molar-refractivity contribution in [1.29, 1.82) is 0 Å². The van der Waals surface area contributed by atoms with E-state index in [-0.39, 0.29) is 0 Å². The number of hydrogen-bond acceptors (Lipinski definition) is 4. The second-order valence-corrected chi connectivity index (χ2v) is 6.23. The zero-order valence-electron chi connectivity index (χ0n) is 10.9. The number of nitrogens with one attached hydrogen (secondary N) is 1. The number of halogens is 1. The largest absolute Gasteiger partial charge is 0.310 e. The zero-order valence-corrected chi connectivity index (χ0v) is 13.3. The van der Waals surface area contributed by atoms with E-state index in [4.69, 9.17) is 0 Å². The lowest BCUT2D eigenvalue weighted by molar-refractivity contribution is 0.582. The number of nitrogens with zero attached hydrogens (tertiary/aromatic N) is 2. The molecule has 3 nitrogen and oxygen atoms in total. The Morgan fingerprint density at radius 3 is 2.53 bits per heavy atom. The van der Waals surface area contributed by atoms with Crippen LogP contribution in [-0.2, 0) is 6.54 Å². The second-order valence-electron chi connectivity index (χ2n) is 4.40. The SMILES string of the molecule is CC(C)NCc1cccnc1Sc1ncccc1Br. The van der Waals surface area contributed by atoms with Crippen molar-refractivity contribution in [2.45, 2.75) is 36.5 Å². The quantitative estimate of drug-likeness (QED) is 0.898. The summed E-state index contributed by atoms with van der Waals surface area (Å²) in [5, 5.41) is 5.35. The van der Waals surface area contributed by atoms with Crippen LogP contribution in [0.2, 0.25) is 0 Å². The van der Waals surface area contributed by atoms with Crippen LogP contribution in [0, 0.1) is 0 Å². The van der Waals surface area contributed by atoms with E-state index in [1.54, 1.807) is 18.0 Å². The minimum atomic E-state index is 0.458. The number of aromatic nitrogens is 2. The summed E-state index contributed by atoms with van der Waals surface area (Å²) >= 11 is 5.10. The second kappa shape index (κ2) is 7.03. The summed E-state index contributed by atoms with van der Waals surface area (Å²) in [6.07, 6.45) is 3.61. The number of hydrogen-bond donors (Lipinski definition) is 1. The van der Waals surface area contributed by atoms with Gasteiger partial charge in [-0.2, -0.15) is 0 Å². The summed E-state index contributed by atoms with van der Waals surface area (Å²) in [5.74, 6) is 0. The fourth-order valence-electron chi connectivity index (χ4n) is 1.50. The molecule has 0 aromatic carbocycles. The van der Waals surface area contributed by atoms with Crippen molar-refractivity contribution in [1.82, 2.24) is 15.3 Å². The normalized spacial score (nSPS) is 10.9. The molecule has 1 N–H and O–H groups in total. The lowest BCUT2D eigenvalue weighted by Gasteiger charge is -2.11. The molecule has 5 heteroatoms. The van der Waals surface area contributed by atoms with Crippen molar-refractivity contribution in [3.8, 4) is 0 Å². The maximum atomic E-state index is 4.46. The molecule has 0 saturated heterocycles. The van der Waals surface area contributed by atoms with Gasteiger partial charge >= 0.3 is 0 Å². The maximum Gasteiger partial charge on any atom is 0.116 e. The Labute approximate surface area is 126 Å². The van der Waals surface area contributed by atoms with Crippen LogP contribution in [0.3, 0.4) is 0 Å².